The van der Waals surface area contributed by atoms with Crippen molar-refractivity contribution in [3.8, 4) is 0 Å². The van der Waals surface area contributed by atoms with Crippen molar-refractivity contribution in [2.75, 3.05) is 0 Å². The fourth-order valence-corrected chi connectivity index (χ4v) is 0.865. The first-order valence-electron chi connectivity index (χ1n) is 2.63. The van der Waals surface area contributed by atoms with E-state index in [1.54, 1.807) is 6.07 Å². The molecular formula is C7H7FO. The minimum absolute atomic E-state index is 0. The molecule has 0 atom stereocenters. The summed E-state index contributed by atoms with van der Waals surface area (Å²) in [7, 11) is 0. The molecule has 0 heterocycles. The van der Waals surface area contributed by atoms with Crippen molar-refractivity contribution < 1.29 is 9.87 Å². The monoisotopic (exact) mass is 126 g/mol. The number of benzene rings is 1. The van der Waals surface area contributed by atoms with Gasteiger partial charge in [-0.3, -0.25) is 0 Å². The second-order valence-electron chi connectivity index (χ2n) is 2.09. The molecule has 48 valence electrons. The van der Waals surface area contributed by atoms with Crippen molar-refractivity contribution in [3.63, 3.8) is 0 Å². The number of hydrogen-bond acceptors (Lipinski definition) is 0. The predicted molar refractivity (Wildman–Crippen MR) is 32.8 cm³/mol. The van der Waals surface area contributed by atoms with E-state index in [1.807, 2.05) is 6.07 Å². The average molecular weight is 126 g/mol. The van der Waals surface area contributed by atoms with Gasteiger partial charge in [0.1, 0.15) is 5.82 Å². The first-order valence-corrected chi connectivity index (χ1v) is 2.63. The van der Waals surface area contributed by atoms with E-state index in [2.05, 4.69) is 0 Å². The molecule has 2 heteroatoms. The number of hydrogen-bond donors (Lipinski definition) is 0. The Morgan fingerprint density at radius 3 is 2.56 bits per heavy atom. The summed E-state index contributed by atoms with van der Waals surface area (Å²) in [6.45, 7) is 0. The lowest BCUT2D eigenvalue weighted by Gasteiger charge is -1.77. The van der Waals surface area contributed by atoms with E-state index in [9.17, 15) is 4.39 Å². The summed E-state index contributed by atoms with van der Waals surface area (Å²) in [5.41, 5.74) is 2.47. The largest absolute Gasteiger partial charge is 0.412 e. The van der Waals surface area contributed by atoms with Gasteiger partial charge in [-0.25, -0.2) is 4.39 Å². The van der Waals surface area contributed by atoms with Gasteiger partial charge in [0, 0.05) is 0 Å². The van der Waals surface area contributed by atoms with E-state index >= 15 is 0 Å². The van der Waals surface area contributed by atoms with Gasteiger partial charge in [0.2, 0.25) is 0 Å². The summed E-state index contributed by atoms with van der Waals surface area (Å²) in [6, 6.07) is 4.94. The molecule has 0 spiro atoms. The summed E-state index contributed by atoms with van der Waals surface area (Å²) in [4.78, 5) is 0. The molecule has 0 saturated heterocycles. The lowest BCUT2D eigenvalue weighted by Crippen LogP contribution is -1.64. The van der Waals surface area contributed by atoms with Crippen LogP contribution in [0.15, 0.2) is 18.2 Å². The zero-order valence-electron chi connectivity index (χ0n) is 4.82. The Morgan fingerprint density at radius 1 is 1.22 bits per heavy atom. The second kappa shape index (κ2) is 1.81. The number of fused-ring (bicyclic) bond motifs is 1. The van der Waals surface area contributed by atoms with Gasteiger partial charge in [-0.15, -0.1) is 0 Å². The van der Waals surface area contributed by atoms with Crippen LogP contribution in [0, 0.1) is 5.82 Å². The molecule has 1 aromatic carbocycles. The van der Waals surface area contributed by atoms with E-state index in [-0.39, 0.29) is 11.3 Å². The van der Waals surface area contributed by atoms with Gasteiger partial charge < -0.3 is 5.48 Å². The molecule has 1 aliphatic carbocycles. The predicted octanol–water partition coefficient (Wildman–Crippen LogP) is 0.905. The zero-order chi connectivity index (χ0) is 5.56. The van der Waals surface area contributed by atoms with Crippen molar-refractivity contribution in [2.24, 2.45) is 0 Å². The van der Waals surface area contributed by atoms with Gasteiger partial charge in [-0.2, -0.15) is 0 Å². The minimum Gasteiger partial charge on any atom is -0.412 e. The Bertz CT molecular complexity index is 232. The molecule has 0 radical (unpaired) electrons. The lowest BCUT2D eigenvalue weighted by molar-refractivity contribution is 0.628. The van der Waals surface area contributed by atoms with Crippen LogP contribution in [0.1, 0.15) is 11.1 Å². The van der Waals surface area contributed by atoms with E-state index in [4.69, 9.17) is 0 Å². The van der Waals surface area contributed by atoms with Crippen molar-refractivity contribution in [1.29, 1.82) is 0 Å². The summed E-state index contributed by atoms with van der Waals surface area (Å²) in [6.07, 6.45) is 1.00. The van der Waals surface area contributed by atoms with Crippen molar-refractivity contribution in [1.82, 2.24) is 0 Å². The molecule has 0 fully saturated rings. The SMILES string of the molecule is Fc1ccc2c(c1)C2.O. The van der Waals surface area contributed by atoms with Gasteiger partial charge >= 0.3 is 0 Å². The highest BCUT2D eigenvalue weighted by Crippen LogP contribution is 2.27. The smallest absolute Gasteiger partial charge is 0.123 e. The third-order valence-electron chi connectivity index (χ3n) is 1.42. The minimum atomic E-state index is -0.110. The van der Waals surface area contributed by atoms with Crippen LogP contribution in [0.2, 0.25) is 0 Å². The summed E-state index contributed by atoms with van der Waals surface area (Å²) < 4.78 is 12.2. The van der Waals surface area contributed by atoms with Gasteiger partial charge in [0.05, 0.1) is 0 Å². The topological polar surface area (TPSA) is 31.5 Å². The maximum absolute atomic E-state index is 12.2. The van der Waals surface area contributed by atoms with Crippen molar-refractivity contribution in [2.45, 2.75) is 6.42 Å². The first-order chi connectivity index (χ1) is 3.86. The Kier molecular flexibility index (Phi) is 1.25. The average Bonchev–Trinajstić information content (AvgIpc) is 2.43. The summed E-state index contributed by atoms with van der Waals surface area (Å²) in [5.74, 6) is -0.110. The maximum atomic E-state index is 12.2. The van der Waals surface area contributed by atoms with Crippen LogP contribution in [-0.4, -0.2) is 5.48 Å². The zero-order valence-corrected chi connectivity index (χ0v) is 4.82. The van der Waals surface area contributed by atoms with Gasteiger partial charge in [0.25, 0.3) is 0 Å². The van der Waals surface area contributed by atoms with Crippen LogP contribution in [0.5, 0.6) is 0 Å². The molecule has 1 aliphatic rings. The van der Waals surface area contributed by atoms with Gasteiger partial charge in [-0.05, 0) is 29.7 Å². The summed E-state index contributed by atoms with van der Waals surface area (Å²) >= 11 is 0. The van der Waals surface area contributed by atoms with Crippen LogP contribution in [0.4, 0.5) is 4.39 Å². The van der Waals surface area contributed by atoms with E-state index < -0.39 is 0 Å². The number of halogens is 1. The van der Waals surface area contributed by atoms with Crippen LogP contribution < -0.4 is 0 Å². The Hall–Kier alpha value is -0.890. The van der Waals surface area contributed by atoms with Crippen LogP contribution >= 0.6 is 0 Å². The molecular weight excluding hydrogens is 119 g/mol. The summed E-state index contributed by atoms with van der Waals surface area (Å²) in [5, 5.41) is 0. The Morgan fingerprint density at radius 2 is 2.00 bits per heavy atom. The molecule has 0 amide bonds. The van der Waals surface area contributed by atoms with E-state index in [0.717, 1.165) is 6.42 Å². The van der Waals surface area contributed by atoms with Crippen LogP contribution in [0.25, 0.3) is 0 Å². The number of rotatable bonds is 0. The van der Waals surface area contributed by atoms with Crippen LogP contribution in [-0.2, 0) is 6.42 Å². The second-order valence-corrected chi connectivity index (χ2v) is 2.09. The molecule has 0 aromatic heterocycles. The standard InChI is InChI=1S/C7H5F.H2O/c8-7-2-1-5-3-6(5)4-7;/h1-2,4H,3H2;1H2. The van der Waals surface area contributed by atoms with Crippen molar-refractivity contribution in [3.05, 3.63) is 35.1 Å². The highest BCUT2D eigenvalue weighted by Gasteiger charge is 2.15. The van der Waals surface area contributed by atoms with Crippen LogP contribution in [0.3, 0.4) is 0 Å². The Labute approximate surface area is 52.4 Å². The highest BCUT2D eigenvalue weighted by molar-refractivity contribution is 5.44. The molecule has 0 saturated carbocycles. The lowest BCUT2D eigenvalue weighted by atomic mass is 10.4. The maximum Gasteiger partial charge on any atom is 0.123 e. The fourth-order valence-electron chi connectivity index (χ4n) is 0.865. The van der Waals surface area contributed by atoms with Gasteiger partial charge in [0.15, 0.2) is 0 Å². The third-order valence-corrected chi connectivity index (χ3v) is 1.42. The molecule has 2 N–H and O–H groups in total. The molecule has 2 rings (SSSR count). The molecule has 0 bridgehead atoms. The Balaban J connectivity index is 0.000000405. The molecule has 1 nitrogen and oxygen atoms in total. The first kappa shape index (κ1) is 6.23. The van der Waals surface area contributed by atoms with Crippen molar-refractivity contribution >= 4 is 0 Å². The van der Waals surface area contributed by atoms with Gasteiger partial charge in [-0.1, -0.05) is 6.07 Å². The van der Waals surface area contributed by atoms with E-state index in [1.165, 1.54) is 17.2 Å². The molecule has 9 heavy (non-hydrogen) atoms. The fraction of sp³-hybridized carbons (Fsp3) is 0.143. The quantitative estimate of drug-likeness (QED) is 0.502. The molecule has 0 aliphatic heterocycles. The third kappa shape index (κ3) is 0.933. The molecule has 0 unspecified atom stereocenters. The molecule has 1 aromatic rings. The van der Waals surface area contributed by atoms with E-state index in [0.29, 0.717) is 0 Å². The highest BCUT2D eigenvalue weighted by atomic mass is 19.1. The normalized spacial score (nSPS) is 11.7.